The number of fused-ring (bicyclic) bond motifs is 9. The van der Waals surface area contributed by atoms with E-state index in [0.717, 1.165) is 68.5 Å². The Bertz CT molecular complexity index is 2760. The van der Waals surface area contributed by atoms with Gasteiger partial charge >= 0.3 is 0 Å². The van der Waals surface area contributed by atoms with Gasteiger partial charge in [-0.15, -0.1) is 0 Å². The van der Waals surface area contributed by atoms with Crippen molar-refractivity contribution in [1.82, 2.24) is 19.4 Å². The van der Waals surface area contributed by atoms with E-state index in [1.807, 2.05) is 30.5 Å². The lowest BCUT2D eigenvalue weighted by atomic mass is 9.88. The lowest BCUT2D eigenvalue weighted by Crippen LogP contribution is -1.98. The topological polar surface area (TPSA) is 43.1 Å². The lowest BCUT2D eigenvalue weighted by Gasteiger charge is -2.17. The van der Waals surface area contributed by atoms with Crippen LogP contribution < -0.4 is 0 Å². The van der Waals surface area contributed by atoms with Gasteiger partial charge in [-0.3, -0.25) is 9.38 Å². The van der Waals surface area contributed by atoms with Gasteiger partial charge in [0.05, 0.1) is 33.6 Å². The first kappa shape index (κ1) is 27.7. The fourth-order valence-electron chi connectivity index (χ4n) is 7.49. The molecule has 4 aromatic heterocycles. The maximum absolute atomic E-state index is 5.13. The van der Waals surface area contributed by atoms with Crippen LogP contribution in [0.4, 0.5) is 0 Å². The second kappa shape index (κ2) is 11.1. The van der Waals surface area contributed by atoms with Crippen LogP contribution in [0.25, 0.3) is 83.8 Å². The van der Waals surface area contributed by atoms with Gasteiger partial charge in [0, 0.05) is 22.5 Å². The van der Waals surface area contributed by atoms with Crippen molar-refractivity contribution in [3.63, 3.8) is 0 Å². The zero-order valence-corrected chi connectivity index (χ0v) is 26.7. The third kappa shape index (κ3) is 4.64. The van der Waals surface area contributed by atoms with Crippen LogP contribution in [0.5, 0.6) is 0 Å². The van der Waals surface area contributed by atoms with Gasteiger partial charge in [-0.1, -0.05) is 91.0 Å². The average molecular weight is 627 g/mol. The molecule has 0 spiro atoms. The Balaban J connectivity index is 1.14. The van der Waals surface area contributed by atoms with Gasteiger partial charge in [0.25, 0.3) is 0 Å². The highest BCUT2D eigenvalue weighted by molar-refractivity contribution is 6.15. The van der Waals surface area contributed by atoms with E-state index >= 15 is 0 Å². The van der Waals surface area contributed by atoms with Crippen LogP contribution in [0.3, 0.4) is 0 Å². The molecule has 4 nitrogen and oxygen atoms in total. The van der Waals surface area contributed by atoms with Crippen molar-refractivity contribution in [2.24, 2.45) is 0 Å². The quantitative estimate of drug-likeness (QED) is 0.183. The molecular weight excluding hydrogens is 597 g/mol. The summed E-state index contributed by atoms with van der Waals surface area (Å²) in [5, 5.41) is 3.46. The molecule has 10 rings (SSSR count). The van der Waals surface area contributed by atoms with E-state index in [2.05, 4.69) is 137 Å². The monoisotopic (exact) mass is 626 g/mol. The highest BCUT2D eigenvalue weighted by Gasteiger charge is 2.17. The third-order valence-corrected chi connectivity index (χ3v) is 9.96. The number of pyridine rings is 3. The third-order valence-electron chi connectivity index (χ3n) is 9.96. The number of rotatable bonds is 4. The van der Waals surface area contributed by atoms with Crippen molar-refractivity contribution < 1.29 is 0 Å². The molecular formula is C45H30N4. The molecule has 0 unspecified atom stereocenters. The molecule has 0 bridgehead atoms. The second-order valence-electron chi connectivity index (χ2n) is 12.8. The van der Waals surface area contributed by atoms with Crippen molar-refractivity contribution in [3.05, 3.63) is 168 Å². The Morgan fingerprint density at radius 1 is 0.469 bits per heavy atom. The van der Waals surface area contributed by atoms with E-state index < -0.39 is 0 Å². The maximum atomic E-state index is 5.13. The number of hydrogen-bond donors (Lipinski definition) is 0. The first-order valence-electron chi connectivity index (χ1n) is 16.8. The summed E-state index contributed by atoms with van der Waals surface area (Å²) in [6.07, 6.45) is 6.32. The van der Waals surface area contributed by atoms with E-state index in [9.17, 15) is 0 Å². The van der Waals surface area contributed by atoms with Gasteiger partial charge < -0.3 is 0 Å². The van der Waals surface area contributed by atoms with Gasteiger partial charge in [-0.05, 0) is 112 Å². The minimum Gasteiger partial charge on any atom is -0.292 e. The van der Waals surface area contributed by atoms with Gasteiger partial charge in [0.2, 0.25) is 0 Å². The molecule has 0 fully saturated rings. The van der Waals surface area contributed by atoms with Crippen molar-refractivity contribution in [3.8, 4) is 33.8 Å². The number of imidazole rings is 1. The molecule has 1 aliphatic rings. The summed E-state index contributed by atoms with van der Waals surface area (Å²) < 4.78 is 2.31. The van der Waals surface area contributed by atoms with Gasteiger partial charge in [0.1, 0.15) is 5.65 Å². The van der Waals surface area contributed by atoms with E-state index in [1.54, 1.807) is 0 Å². The summed E-state index contributed by atoms with van der Waals surface area (Å²) in [5.74, 6) is 0. The molecule has 0 atom stereocenters. The summed E-state index contributed by atoms with van der Waals surface area (Å²) in [6.45, 7) is 0. The van der Waals surface area contributed by atoms with Crippen LogP contribution in [0.15, 0.2) is 152 Å². The number of aromatic nitrogens is 4. The minimum atomic E-state index is 0.858. The number of para-hydroxylation sites is 2. The average Bonchev–Trinajstić information content (AvgIpc) is 3.58. The highest BCUT2D eigenvalue weighted by atomic mass is 15.0. The summed E-state index contributed by atoms with van der Waals surface area (Å²) in [6, 6.07) is 51.8. The van der Waals surface area contributed by atoms with Gasteiger partial charge in [-0.25, -0.2) is 9.97 Å². The van der Waals surface area contributed by atoms with Crippen LogP contribution in [0, 0.1) is 0 Å². The Kier molecular flexibility index (Phi) is 6.28. The van der Waals surface area contributed by atoms with E-state index in [4.69, 9.17) is 9.97 Å². The zero-order chi connectivity index (χ0) is 32.3. The molecule has 0 saturated carbocycles. The van der Waals surface area contributed by atoms with Crippen LogP contribution in [-0.4, -0.2) is 19.4 Å². The molecule has 4 heteroatoms. The predicted molar refractivity (Wildman–Crippen MR) is 202 cm³/mol. The highest BCUT2D eigenvalue weighted by Crippen LogP contribution is 2.38. The number of aryl methyl sites for hydroxylation is 1. The van der Waals surface area contributed by atoms with E-state index in [-0.39, 0.29) is 0 Å². The molecule has 230 valence electrons. The Morgan fingerprint density at radius 2 is 1.22 bits per heavy atom. The first-order valence-corrected chi connectivity index (χ1v) is 16.8. The summed E-state index contributed by atoms with van der Waals surface area (Å²) in [5.41, 5.74) is 15.7. The smallest absolute Gasteiger partial charge is 0.146 e. The molecule has 0 N–H and O–H groups in total. The number of benzene rings is 5. The van der Waals surface area contributed by atoms with Gasteiger partial charge in [0.15, 0.2) is 0 Å². The summed E-state index contributed by atoms with van der Waals surface area (Å²) >= 11 is 0. The first-order chi connectivity index (χ1) is 24.3. The molecule has 5 aromatic carbocycles. The summed E-state index contributed by atoms with van der Waals surface area (Å²) in [4.78, 5) is 14.7. The van der Waals surface area contributed by atoms with Crippen molar-refractivity contribution in [1.29, 1.82) is 0 Å². The number of nitrogens with zero attached hydrogens (tertiary/aromatic N) is 4. The van der Waals surface area contributed by atoms with Crippen molar-refractivity contribution in [2.75, 3.05) is 0 Å². The largest absolute Gasteiger partial charge is 0.292 e. The molecule has 0 radical (unpaired) electrons. The van der Waals surface area contributed by atoms with Crippen molar-refractivity contribution >= 4 is 50.0 Å². The number of hydrogen-bond acceptors (Lipinski definition) is 3. The Labute approximate surface area is 283 Å². The Morgan fingerprint density at radius 3 is 2.14 bits per heavy atom. The molecule has 0 aliphatic heterocycles. The fourth-order valence-corrected chi connectivity index (χ4v) is 7.49. The Hall–Kier alpha value is -6.39. The van der Waals surface area contributed by atoms with E-state index in [0.29, 0.717) is 0 Å². The molecule has 9 aromatic rings. The van der Waals surface area contributed by atoms with Crippen LogP contribution in [-0.2, 0) is 6.42 Å². The zero-order valence-electron chi connectivity index (χ0n) is 26.7. The van der Waals surface area contributed by atoms with Crippen molar-refractivity contribution in [2.45, 2.75) is 12.8 Å². The molecule has 1 aliphatic carbocycles. The molecule has 0 saturated heterocycles. The maximum Gasteiger partial charge on any atom is 0.146 e. The summed E-state index contributed by atoms with van der Waals surface area (Å²) in [7, 11) is 0. The minimum absolute atomic E-state index is 0.858. The molecule has 49 heavy (non-hydrogen) atoms. The normalized spacial score (nSPS) is 12.9. The van der Waals surface area contributed by atoms with Crippen LogP contribution in [0.1, 0.15) is 23.1 Å². The lowest BCUT2D eigenvalue weighted by molar-refractivity contribution is 1.00. The van der Waals surface area contributed by atoms with Crippen LogP contribution in [0.2, 0.25) is 0 Å². The predicted octanol–water partition coefficient (Wildman–Crippen LogP) is 11.1. The van der Waals surface area contributed by atoms with E-state index in [1.165, 1.54) is 38.8 Å². The second-order valence-corrected chi connectivity index (χ2v) is 12.8. The standard InChI is InChI=1S/C45H30N4/c1-2-9-32-26-33(20-19-29(32)8-1)30-15-17-31(18-16-30)34-22-24-43-38(27-34)37-28-35(39-12-7-13-41(47-39)40-10-5-6-25-46-40)21-23-36(37)45-48-42-11-3-4-14-44(42)49(43)45/h1-18,21-28H,19-20H2. The number of allylic oxidation sites excluding steroid dienone is 1. The molecule has 4 heterocycles. The fraction of sp³-hybridized carbons (Fsp3) is 0.0444. The van der Waals surface area contributed by atoms with Gasteiger partial charge in [-0.2, -0.15) is 0 Å². The SMILES string of the molecule is C1=C(c2ccc(-c3ccc4c(c3)c3cc(-c5cccc(-c6ccccn6)n5)ccc3c3nc5ccccc5n43)cc2)CCc2ccccc21. The van der Waals surface area contributed by atoms with Crippen LogP contribution >= 0.6 is 0 Å². The molecule has 0 amide bonds.